The van der Waals surface area contributed by atoms with Gasteiger partial charge in [0.1, 0.15) is 5.82 Å². The van der Waals surface area contributed by atoms with E-state index in [1.165, 1.54) is 6.07 Å². The summed E-state index contributed by atoms with van der Waals surface area (Å²) in [4.78, 5) is 33.4. The van der Waals surface area contributed by atoms with Crippen molar-refractivity contribution in [2.45, 2.75) is 25.8 Å². The van der Waals surface area contributed by atoms with Crippen molar-refractivity contribution in [1.29, 1.82) is 0 Å². The molecule has 0 saturated carbocycles. The highest BCUT2D eigenvalue weighted by atomic mass is 19.1. The number of piperidine rings is 1. The Morgan fingerprint density at radius 2 is 1.89 bits per heavy atom. The molecule has 1 aromatic heterocycles. The maximum atomic E-state index is 14.0. The number of carbonyl (C=O) groups excluding carboxylic acids is 2. The minimum absolute atomic E-state index is 0.0435. The standard InChI is InChI=1S/C21H22FN3O2/c22-18-5-2-1-4-17(18)14-24-12-3-8-21(20(24)27)9-13-25(15-21)19(26)16-6-10-23-11-7-16/h1-2,4-7,10-11H,3,8-9,12-15H2/t21-/m0/s1. The summed E-state index contributed by atoms with van der Waals surface area (Å²) >= 11 is 0. The summed E-state index contributed by atoms with van der Waals surface area (Å²) in [5.74, 6) is -0.304. The van der Waals surface area contributed by atoms with E-state index in [1.807, 2.05) is 0 Å². The largest absolute Gasteiger partial charge is 0.338 e. The van der Waals surface area contributed by atoms with Gasteiger partial charge in [0.15, 0.2) is 0 Å². The number of carbonyl (C=O) groups is 2. The van der Waals surface area contributed by atoms with Crippen LogP contribution in [0.2, 0.25) is 0 Å². The molecule has 0 radical (unpaired) electrons. The topological polar surface area (TPSA) is 53.5 Å². The molecule has 3 heterocycles. The van der Waals surface area contributed by atoms with Gasteiger partial charge < -0.3 is 9.80 Å². The van der Waals surface area contributed by atoms with Crippen molar-refractivity contribution < 1.29 is 14.0 Å². The molecule has 4 rings (SSSR count). The van der Waals surface area contributed by atoms with Gasteiger partial charge in [0, 0.05) is 49.7 Å². The molecule has 6 heteroatoms. The first-order valence-corrected chi connectivity index (χ1v) is 9.31. The highest BCUT2D eigenvalue weighted by Gasteiger charge is 2.49. The minimum Gasteiger partial charge on any atom is -0.338 e. The second kappa shape index (κ2) is 7.10. The molecular weight excluding hydrogens is 345 g/mol. The van der Waals surface area contributed by atoms with Crippen molar-refractivity contribution in [1.82, 2.24) is 14.8 Å². The number of likely N-dealkylation sites (tertiary alicyclic amines) is 2. The number of nitrogens with zero attached hydrogens (tertiary/aromatic N) is 3. The van der Waals surface area contributed by atoms with Crippen molar-refractivity contribution in [3.8, 4) is 0 Å². The van der Waals surface area contributed by atoms with E-state index < -0.39 is 5.41 Å². The average molecular weight is 367 g/mol. The van der Waals surface area contributed by atoms with Gasteiger partial charge in [-0.3, -0.25) is 14.6 Å². The Bertz CT molecular complexity index is 858. The Labute approximate surface area is 157 Å². The number of halogens is 1. The fraction of sp³-hybridized carbons (Fsp3) is 0.381. The Balaban J connectivity index is 1.49. The van der Waals surface area contributed by atoms with Crippen molar-refractivity contribution in [2.75, 3.05) is 19.6 Å². The number of amides is 2. The van der Waals surface area contributed by atoms with Gasteiger partial charge in [-0.2, -0.15) is 0 Å². The molecular formula is C21H22FN3O2. The predicted octanol–water partition coefficient (Wildman–Crippen LogP) is 2.88. The summed E-state index contributed by atoms with van der Waals surface area (Å²) in [6.45, 7) is 1.92. The minimum atomic E-state index is -0.536. The number of pyridine rings is 1. The fourth-order valence-electron chi connectivity index (χ4n) is 4.24. The van der Waals surface area contributed by atoms with Crippen LogP contribution in [0.4, 0.5) is 4.39 Å². The van der Waals surface area contributed by atoms with E-state index in [0.29, 0.717) is 37.2 Å². The second-order valence-corrected chi connectivity index (χ2v) is 7.41. The van der Waals surface area contributed by atoms with Crippen LogP contribution in [-0.2, 0) is 11.3 Å². The molecule has 1 spiro atoms. The SMILES string of the molecule is O=C(c1ccncc1)N1CC[C@@]2(CCCN(Cc3ccccc3F)C2=O)C1. The first-order chi connectivity index (χ1) is 13.1. The molecule has 0 unspecified atom stereocenters. The summed E-state index contributed by atoms with van der Waals surface area (Å²) in [6, 6.07) is 9.97. The van der Waals surface area contributed by atoms with Gasteiger partial charge in [-0.15, -0.1) is 0 Å². The quantitative estimate of drug-likeness (QED) is 0.838. The molecule has 1 aromatic carbocycles. The normalized spacial score (nSPS) is 22.5. The molecule has 2 amide bonds. The Kier molecular flexibility index (Phi) is 4.64. The molecule has 1 atom stereocenters. The van der Waals surface area contributed by atoms with E-state index in [-0.39, 0.29) is 24.2 Å². The smallest absolute Gasteiger partial charge is 0.253 e. The van der Waals surface area contributed by atoms with Crippen LogP contribution >= 0.6 is 0 Å². The van der Waals surface area contributed by atoms with Crippen molar-refractivity contribution >= 4 is 11.8 Å². The van der Waals surface area contributed by atoms with E-state index in [0.717, 1.165) is 12.8 Å². The van der Waals surface area contributed by atoms with Gasteiger partial charge in [-0.05, 0) is 37.5 Å². The van der Waals surface area contributed by atoms with Crippen molar-refractivity contribution in [3.05, 3.63) is 65.7 Å². The summed E-state index contributed by atoms with van der Waals surface area (Å²) in [7, 11) is 0. The van der Waals surface area contributed by atoms with Gasteiger partial charge in [-0.1, -0.05) is 18.2 Å². The molecule has 2 fully saturated rings. The number of hydrogen-bond acceptors (Lipinski definition) is 3. The number of rotatable bonds is 3. The lowest BCUT2D eigenvalue weighted by atomic mass is 9.78. The van der Waals surface area contributed by atoms with Crippen LogP contribution in [0, 0.1) is 11.2 Å². The lowest BCUT2D eigenvalue weighted by Gasteiger charge is -2.39. The molecule has 140 valence electrons. The summed E-state index contributed by atoms with van der Waals surface area (Å²) in [6.07, 6.45) is 5.51. The van der Waals surface area contributed by atoms with E-state index in [9.17, 15) is 14.0 Å². The van der Waals surface area contributed by atoms with Crippen LogP contribution in [0.1, 0.15) is 35.2 Å². The number of aromatic nitrogens is 1. The molecule has 27 heavy (non-hydrogen) atoms. The maximum Gasteiger partial charge on any atom is 0.253 e. The maximum absolute atomic E-state index is 14.0. The average Bonchev–Trinajstić information content (AvgIpc) is 3.12. The van der Waals surface area contributed by atoms with Gasteiger partial charge in [-0.25, -0.2) is 4.39 Å². The molecule has 0 bridgehead atoms. The zero-order chi connectivity index (χ0) is 18.9. The summed E-state index contributed by atoms with van der Waals surface area (Å²) < 4.78 is 14.0. The van der Waals surface area contributed by atoms with E-state index in [4.69, 9.17) is 0 Å². The lowest BCUT2D eigenvalue weighted by Crippen LogP contribution is -2.50. The predicted molar refractivity (Wildman–Crippen MR) is 98.2 cm³/mol. The van der Waals surface area contributed by atoms with Gasteiger partial charge in [0.25, 0.3) is 5.91 Å². The first-order valence-electron chi connectivity index (χ1n) is 9.31. The van der Waals surface area contributed by atoms with Crippen molar-refractivity contribution in [2.24, 2.45) is 5.41 Å². The van der Waals surface area contributed by atoms with Crippen molar-refractivity contribution in [3.63, 3.8) is 0 Å². The molecule has 0 aliphatic carbocycles. The number of benzene rings is 1. The molecule has 2 aromatic rings. The third kappa shape index (κ3) is 3.31. The monoisotopic (exact) mass is 367 g/mol. The Morgan fingerprint density at radius 3 is 2.67 bits per heavy atom. The van der Waals surface area contributed by atoms with E-state index in [2.05, 4.69) is 4.98 Å². The molecule has 2 aliphatic rings. The van der Waals surface area contributed by atoms with Crippen LogP contribution in [0.25, 0.3) is 0 Å². The molecule has 5 nitrogen and oxygen atoms in total. The highest BCUT2D eigenvalue weighted by Crippen LogP contribution is 2.41. The Morgan fingerprint density at radius 1 is 1.11 bits per heavy atom. The number of hydrogen-bond donors (Lipinski definition) is 0. The highest BCUT2D eigenvalue weighted by molar-refractivity contribution is 5.95. The zero-order valence-corrected chi connectivity index (χ0v) is 15.1. The first kappa shape index (κ1) is 17.6. The van der Waals surface area contributed by atoms with Gasteiger partial charge in [0.05, 0.1) is 5.41 Å². The third-order valence-electron chi connectivity index (χ3n) is 5.71. The van der Waals surface area contributed by atoms with Crippen LogP contribution in [-0.4, -0.2) is 46.2 Å². The van der Waals surface area contributed by atoms with Crippen LogP contribution < -0.4 is 0 Å². The van der Waals surface area contributed by atoms with Gasteiger partial charge in [0.2, 0.25) is 5.91 Å². The Hall–Kier alpha value is -2.76. The third-order valence-corrected chi connectivity index (χ3v) is 5.71. The molecule has 2 aliphatic heterocycles. The lowest BCUT2D eigenvalue weighted by molar-refractivity contribution is -0.146. The molecule has 2 saturated heterocycles. The van der Waals surface area contributed by atoms with E-state index in [1.54, 1.807) is 52.5 Å². The molecule has 0 N–H and O–H groups in total. The zero-order valence-electron chi connectivity index (χ0n) is 15.1. The summed E-state index contributed by atoms with van der Waals surface area (Å²) in [5, 5.41) is 0. The fourth-order valence-corrected chi connectivity index (χ4v) is 4.24. The van der Waals surface area contributed by atoms with Crippen LogP contribution in [0.15, 0.2) is 48.8 Å². The summed E-state index contributed by atoms with van der Waals surface area (Å²) in [5.41, 5.74) is 0.589. The van der Waals surface area contributed by atoms with Crippen LogP contribution in [0.5, 0.6) is 0 Å². The second-order valence-electron chi connectivity index (χ2n) is 7.41. The van der Waals surface area contributed by atoms with Gasteiger partial charge >= 0.3 is 0 Å². The van der Waals surface area contributed by atoms with E-state index >= 15 is 0 Å². The van der Waals surface area contributed by atoms with Crippen LogP contribution in [0.3, 0.4) is 0 Å².